The van der Waals surface area contributed by atoms with Gasteiger partial charge in [0.25, 0.3) is 0 Å². The van der Waals surface area contributed by atoms with Crippen LogP contribution in [0.4, 0.5) is 11.4 Å². The topological polar surface area (TPSA) is 107 Å². The zero-order chi connectivity index (χ0) is 13.7. The molecule has 0 fully saturated rings. The summed E-state index contributed by atoms with van der Waals surface area (Å²) in [4.78, 5) is 21.8. The quantitative estimate of drug-likeness (QED) is 0.607. The minimum absolute atomic E-state index is 0.137. The van der Waals surface area contributed by atoms with Gasteiger partial charge in [-0.1, -0.05) is 6.92 Å². The highest BCUT2D eigenvalue weighted by Gasteiger charge is 2.17. The monoisotopic (exact) mass is 253 g/mol. The predicted octanol–water partition coefficient (Wildman–Crippen LogP) is 1.28. The molecule has 0 aromatic heterocycles. The van der Waals surface area contributed by atoms with Crippen molar-refractivity contribution in [2.24, 2.45) is 5.73 Å². The first-order valence-electron chi connectivity index (χ1n) is 5.38. The molecule has 1 aromatic carbocycles. The van der Waals surface area contributed by atoms with Gasteiger partial charge in [-0.05, 0) is 18.6 Å². The Kier molecular flexibility index (Phi) is 4.61. The number of benzene rings is 1. The molecule has 1 aromatic rings. The molecular weight excluding hydrogens is 238 g/mol. The molecular formula is C11H15N3O4. The number of carbonyl (C=O) groups excluding carboxylic acids is 1. The summed E-state index contributed by atoms with van der Waals surface area (Å²) < 4.78 is 4.86. The standard InChI is InChI=1S/C11H15N3O4/c1-3-8(12)11(15)13-7-4-5-10(18-2)9(6-7)14(16)17/h4-6,8H,3,12H2,1-2H3,(H,13,15)/t8-/m1/s1. The van der Waals surface area contributed by atoms with Crippen molar-refractivity contribution in [2.75, 3.05) is 12.4 Å². The fourth-order valence-electron chi connectivity index (χ4n) is 1.33. The van der Waals surface area contributed by atoms with Crippen LogP contribution in [-0.2, 0) is 4.79 Å². The molecule has 3 N–H and O–H groups in total. The maximum atomic E-state index is 11.5. The lowest BCUT2D eigenvalue weighted by atomic mass is 10.2. The van der Waals surface area contributed by atoms with Crippen LogP contribution >= 0.6 is 0 Å². The first-order valence-corrected chi connectivity index (χ1v) is 5.38. The number of rotatable bonds is 5. The van der Waals surface area contributed by atoms with Crippen LogP contribution in [0, 0.1) is 10.1 Å². The maximum Gasteiger partial charge on any atom is 0.312 e. The highest BCUT2D eigenvalue weighted by atomic mass is 16.6. The lowest BCUT2D eigenvalue weighted by molar-refractivity contribution is -0.385. The second-order valence-electron chi connectivity index (χ2n) is 3.65. The van der Waals surface area contributed by atoms with E-state index in [4.69, 9.17) is 10.5 Å². The zero-order valence-corrected chi connectivity index (χ0v) is 10.2. The summed E-state index contributed by atoms with van der Waals surface area (Å²) in [6.07, 6.45) is 0.490. The fraction of sp³-hybridized carbons (Fsp3) is 0.364. The first kappa shape index (κ1) is 13.9. The Bertz CT molecular complexity index is 462. The summed E-state index contributed by atoms with van der Waals surface area (Å²) in [5.41, 5.74) is 5.66. The van der Waals surface area contributed by atoms with E-state index >= 15 is 0 Å². The van der Waals surface area contributed by atoms with Gasteiger partial charge in [0.05, 0.1) is 18.1 Å². The Hall–Kier alpha value is -2.15. The third-order valence-corrected chi connectivity index (χ3v) is 2.42. The molecule has 0 radical (unpaired) electrons. The van der Waals surface area contributed by atoms with E-state index < -0.39 is 11.0 Å². The molecule has 0 aliphatic heterocycles. The number of nitrogens with zero attached hydrogens (tertiary/aromatic N) is 1. The second kappa shape index (κ2) is 5.97. The molecule has 0 unspecified atom stereocenters. The Balaban J connectivity index is 2.95. The normalized spacial score (nSPS) is 11.7. The molecule has 98 valence electrons. The number of nitrogens with two attached hydrogens (primary N) is 1. The van der Waals surface area contributed by atoms with Crippen LogP contribution in [0.1, 0.15) is 13.3 Å². The molecule has 7 heteroatoms. The molecule has 0 aliphatic rings. The van der Waals surface area contributed by atoms with E-state index in [-0.39, 0.29) is 17.3 Å². The number of methoxy groups -OCH3 is 1. The number of nitro benzene ring substituents is 1. The summed E-state index contributed by atoms with van der Waals surface area (Å²) in [6.45, 7) is 1.78. The summed E-state index contributed by atoms with van der Waals surface area (Å²) in [6, 6.07) is 3.54. The number of carbonyl (C=O) groups is 1. The van der Waals surface area contributed by atoms with Crippen LogP contribution in [0.3, 0.4) is 0 Å². The molecule has 1 amide bonds. The molecule has 0 saturated carbocycles. The van der Waals surface area contributed by atoms with E-state index in [1.165, 1.54) is 25.3 Å². The van der Waals surface area contributed by atoms with Crippen molar-refractivity contribution >= 4 is 17.3 Å². The highest BCUT2D eigenvalue weighted by molar-refractivity contribution is 5.95. The van der Waals surface area contributed by atoms with E-state index in [0.29, 0.717) is 12.1 Å². The van der Waals surface area contributed by atoms with Crippen molar-refractivity contribution in [3.63, 3.8) is 0 Å². The molecule has 18 heavy (non-hydrogen) atoms. The zero-order valence-electron chi connectivity index (χ0n) is 10.2. The number of amides is 1. The number of nitrogens with one attached hydrogen (secondary N) is 1. The van der Waals surface area contributed by atoms with Gasteiger partial charge >= 0.3 is 5.69 Å². The first-order chi connectivity index (χ1) is 8.49. The Morgan fingerprint density at radius 3 is 2.78 bits per heavy atom. The molecule has 1 atom stereocenters. The van der Waals surface area contributed by atoms with Gasteiger partial charge in [0.1, 0.15) is 0 Å². The fourth-order valence-corrected chi connectivity index (χ4v) is 1.33. The van der Waals surface area contributed by atoms with E-state index in [9.17, 15) is 14.9 Å². The van der Waals surface area contributed by atoms with Crippen LogP contribution < -0.4 is 15.8 Å². The summed E-state index contributed by atoms with van der Waals surface area (Å²) >= 11 is 0. The summed E-state index contributed by atoms with van der Waals surface area (Å²) in [7, 11) is 1.34. The predicted molar refractivity (Wildman–Crippen MR) is 66.5 cm³/mol. The molecule has 0 aliphatic carbocycles. The highest BCUT2D eigenvalue weighted by Crippen LogP contribution is 2.29. The third-order valence-electron chi connectivity index (χ3n) is 2.42. The van der Waals surface area contributed by atoms with Gasteiger partial charge in [-0.2, -0.15) is 0 Å². The number of anilines is 1. The van der Waals surface area contributed by atoms with Crippen molar-refractivity contribution in [2.45, 2.75) is 19.4 Å². The number of nitro groups is 1. The molecule has 0 spiro atoms. The molecule has 7 nitrogen and oxygen atoms in total. The van der Waals surface area contributed by atoms with Gasteiger partial charge in [0.15, 0.2) is 5.75 Å². The third kappa shape index (κ3) is 3.17. The second-order valence-corrected chi connectivity index (χ2v) is 3.65. The number of ether oxygens (including phenoxy) is 1. The average molecular weight is 253 g/mol. The van der Waals surface area contributed by atoms with Crippen molar-refractivity contribution in [3.8, 4) is 5.75 Å². The molecule has 0 heterocycles. The Morgan fingerprint density at radius 1 is 1.61 bits per heavy atom. The van der Waals surface area contributed by atoms with E-state index in [2.05, 4.69) is 5.32 Å². The lowest BCUT2D eigenvalue weighted by Crippen LogP contribution is -2.34. The van der Waals surface area contributed by atoms with Crippen molar-refractivity contribution in [1.29, 1.82) is 0 Å². The lowest BCUT2D eigenvalue weighted by Gasteiger charge is -2.10. The van der Waals surface area contributed by atoms with Crippen LogP contribution in [0.25, 0.3) is 0 Å². The van der Waals surface area contributed by atoms with Gasteiger partial charge < -0.3 is 15.8 Å². The van der Waals surface area contributed by atoms with Crippen LogP contribution in [0.2, 0.25) is 0 Å². The van der Waals surface area contributed by atoms with Gasteiger partial charge in [0.2, 0.25) is 5.91 Å². The minimum atomic E-state index is -0.633. The molecule has 0 saturated heterocycles. The number of hydrogen-bond donors (Lipinski definition) is 2. The Morgan fingerprint density at radius 2 is 2.28 bits per heavy atom. The molecule has 1 rings (SSSR count). The van der Waals surface area contributed by atoms with Gasteiger partial charge in [-0.15, -0.1) is 0 Å². The van der Waals surface area contributed by atoms with Crippen LogP contribution in [-0.4, -0.2) is 24.0 Å². The average Bonchev–Trinajstić information content (AvgIpc) is 2.37. The van der Waals surface area contributed by atoms with Gasteiger partial charge in [0, 0.05) is 11.8 Å². The number of hydrogen-bond acceptors (Lipinski definition) is 5. The van der Waals surface area contributed by atoms with Crippen molar-refractivity contribution < 1.29 is 14.5 Å². The summed E-state index contributed by atoms with van der Waals surface area (Å²) in [5, 5.41) is 13.3. The van der Waals surface area contributed by atoms with Crippen molar-refractivity contribution in [3.05, 3.63) is 28.3 Å². The van der Waals surface area contributed by atoms with Crippen LogP contribution in [0.15, 0.2) is 18.2 Å². The van der Waals surface area contributed by atoms with Gasteiger partial charge in [-0.25, -0.2) is 0 Å². The van der Waals surface area contributed by atoms with E-state index in [1.54, 1.807) is 6.92 Å². The minimum Gasteiger partial charge on any atom is -0.490 e. The van der Waals surface area contributed by atoms with Crippen LogP contribution in [0.5, 0.6) is 5.75 Å². The Labute approximate surface area is 104 Å². The SMILES string of the molecule is CC[C@@H](N)C(=O)Nc1ccc(OC)c([N+](=O)[O-])c1. The van der Waals surface area contributed by atoms with E-state index in [1.807, 2.05) is 0 Å². The summed E-state index contributed by atoms with van der Waals surface area (Å²) in [5.74, 6) is -0.241. The largest absolute Gasteiger partial charge is 0.490 e. The maximum absolute atomic E-state index is 11.5. The van der Waals surface area contributed by atoms with Crippen molar-refractivity contribution in [1.82, 2.24) is 0 Å². The smallest absolute Gasteiger partial charge is 0.312 e. The molecule has 0 bridgehead atoms. The van der Waals surface area contributed by atoms with E-state index in [0.717, 1.165) is 0 Å². The van der Waals surface area contributed by atoms with Gasteiger partial charge in [-0.3, -0.25) is 14.9 Å².